The van der Waals surface area contributed by atoms with Crippen molar-refractivity contribution in [3.8, 4) is 0 Å². The fraction of sp³-hybridized carbons (Fsp3) is 0.100. The van der Waals surface area contributed by atoms with Gasteiger partial charge in [-0.2, -0.15) is 0 Å². The number of halogens is 2. The normalized spacial score (nSPS) is 11.6. The van der Waals surface area contributed by atoms with Crippen molar-refractivity contribution < 1.29 is 8.42 Å². The first-order chi connectivity index (χ1) is 9.42. The Hall–Kier alpha value is -0.710. The highest BCUT2D eigenvalue weighted by Crippen LogP contribution is 2.23. The van der Waals surface area contributed by atoms with Gasteiger partial charge in [-0.3, -0.25) is 0 Å². The number of anilines is 1. The molecule has 0 amide bonds. The summed E-state index contributed by atoms with van der Waals surface area (Å²) < 4.78 is 27.6. The van der Waals surface area contributed by atoms with Crippen LogP contribution in [0.25, 0.3) is 0 Å². The summed E-state index contributed by atoms with van der Waals surface area (Å²) in [7, 11) is -3.67. The van der Waals surface area contributed by atoms with Crippen molar-refractivity contribution in [1.82, 2.24) is 9.71 Å². The minimum atomic E-state index is -3.67. The van der Waals surface area contributed by atoms with Crippen LogP contribution in [-0.2, 0) is 16.6 Å². The molecule has 20 heavy (non-hydrogen) atoms. The van der Waals surface area contributed by atoms with Gasteiger partial charge < -0.3 is 5.43 Å². The van der Waals surface area contributed by atoms with Crippen molar-refractivity contribution in [2.45, 2.75) is 11.4 Å². The molecule has 0 bridgehead atoms. The maximum Gasteiger partial charge on any atom is 0.242 e. The standard InChI is InChI=1S/C10H10BrClN4O2S2/c11-6-1-7(19-5-6)3-15-20(17,18)8-2-9(12)10(16-13)14-4-8/h1-2,4-5,15H,3,13H2,(H,14,16). The van der Waals surface area contributed by atoms with E-state index < -0.39 is 10.0 Å². The van der Waals surface area contributed by atoms with Crippen LogP contribution < -0.4 is 16.0 Å². The molecular weight excluding hydrogens is 388 g/mol. The number of hydrogen-bond acceptors (Lipinski definition) is 6. The Morgan fingerprint density at radius 2 is 2.20 bits per heavy atom. The van der Waals surface area contributed by atoms with Gasteiger partial charge in [0.25, 0.3) is 0 Å². The molecule has 0 saturated heterocycles. The van der Waals surface area contributed by atoms with Crippen LogP contribution in [0.3, 0.4) is 0 Å². The molecule has 10 heteroatoms. The van der Waals surface area contributed by atoms with Gasteiger partial charge in [-0.1, -0.05) is 11.6 Å². The summed E-state index contributed by atoms with van der Waals surface area (Å²) in [6, 6.07) is 3.14. The van der Waals surface area contributed by atoms with Crippen molar-refractivity contribution >= 4 is 54.7 Å². The summed E-state index contributed by atoms with van der Waals surface area (Å²) in [6.45, 7) is 0.201. The zero-order valence-electron chi connectivity index (χ0n) is 9.93. The number of nitrogens with zero attached hydrogens (tertiary/aromatic N) is 1. The van der Waals surface area contributed by atoms with Crippen LogP contribution in [0.15, 0.2) is 33.1 Å². The third-order valence-electron chi connectivity index (χ3n) is 2.32. The topological polar surface area (TPSA) is 97.1 Å². The van der Waals surface area contributed by atoms with E-state index in [1.54, 1.807) is 0 Å². The lowest BCUT2D eigenvalue weighted by molar-refractivity contribution is 0.581. The first-order valence-corrected chi connectivity index (χ1v) is 8.80. The predicted molar refractivity (Wildman–Crippen MR) is 83.1 cm³/mol. The Labute approximate surface area is 133 Å². The summed E-state index contributed by atoms with van der Waals surface area (Å²) in [6.07, 6.45) is 1.19. The minimum Gasteiger partial charge on any atom is -0.307 e. The second kappa shape index (κ2) is 6.37. The Kier molecular flexibility index (Phi) is 4.99. The molecule has 0 fully saturated rings. The third kappa shape index (κ3) is 3.68. The molecule has 0 unspecified atom stereocenters. The molecule has 2 aromatic heterocycles. The fourth-order valence-corrected chi connectivity index (χ4v) is 4.11. The highest BCUT2D eigenvalue weighted by molar-refractivity contribution is 9.10. The molecule has 4 N–H and O–H groups in total. The van der Waals surface area contributed by atoms with Crippen LogP contribution >= 0.6 is 38.9 Å². The van der Waals surface area contributed by atoms with Crippen LogP contribution in [0, 0.1) is 0 Å². The van der Waals surface area contributed by atoms with E-state index in [9.17, 15) is 8.42 Å². The molecule has 0 atom stereocenters. The molecule has 0 spiro atoms. The number of thiophene rings is 1. The summed E-state index contributed by atoms with van der Waals surface area (Å²) in [5.41, 5.74) is 2.27. The van der Waals surface area contributed by atoms with Crippen LogP contribution in [-0.4, -0.2) is 13.4 Å². The second-order valence-electron chi connectivity index (χ2n) is 3.70. The SMILES string of the molecule is NNc1ncc(S(=O)(=O)NCc2cc(Br)cs2)cc1Cl. The monoisotopic (exact) mass is 396 g/mol. The maximum absolute atomic E-state index is 12.1. The van der Waals surface area contributed by atoms with E-state index in [2.05, 4.69) is 31.1 Å². The Morgan fingerprint density at radius 3 is 2.75 bits per heavy atom. The summed E-state index contributed by atoms with van der Waals surface area (Å²) >= 11 is 10.6. The number of aromatic nitrogens is 1. The molecular formula is C10H10BrClN4O2S2. The first kappa shape index (κ1) is 15.7. The minimum absolute atomic E-state index is 0.0166. The lowest BCUT2D eigenvalue weighted by Crippen LogP contribution is -2.23. The van der Waals surface area contributed by atoms with E-state index in [0.717, 1.165) is 9.35 Å². The number of nitrogens with one attached hydrogen (secondary N) is 2. The molecule has 2 heterocycles. The molecule has 0 aliphatic rings. The first-order valence-electron chi connectivity index (χ1n) is 5.27. The summed E-state index contributed by atoms with van der Waals surface area (Å²) in [4.78, 5) is 4.70. The largest absolute Gasteiger partial charge is 0.307 e. The van der Waals surface area contributed by atoms with Gasteiger partial charge in [0.1, 0.15) is 4.90 Å². The van der Waals surface area contributed by atoms with Crippen LogP contribution in [0.2, 0.25) is 5.02 Å². The number of nitrogens with two attached hydrogens (primary N) is 1. The van der Waals surface area contributed by atoms with Crippen LogP contribution in [0.4, 0.5) is 5.82 Å². The number of hydrazine groups is 1. The maximum atomic E-state index is 12.1. The van der Waals surface area contributed by atoms with Gasteiger partial charge in [0, 0.05) is 27.5 Å². The van der Waals surface area contributed by atoms with Crippen molar-refractivity contribution in [1.29, 1.82) is 0 Å². The quantitative estimate of drug-likeness (QED) is 0.531. The summed E-state index contributed by atoms with van der Waals surface area (Å²) in [5, 5.41) is 2.01. The molecule has 6 nitrogen and oxygen atoms in total. The Morgan fingerprint density at radius 1 is 1.45 bits per heavy atom. The van der Waals surface area contributed by atoms with Gasteiger partial charge >= 0.3 is 0 Å². The van der Waals surface area contributed by atoms with Crippen LogP contribution in [0.5, 0.6) is 0 Å². The molecule has 0 aromatic carbocycles. The third-order valence-corrected chi connectivity index (χ3v) is 5.68. The van der Waals surface area contributed by atoms with Gasteiger partial charge in [-0.05, 0) is 28.1 Å². The number of hydrogen-bond donors (Lipinski definition) is 3. The van der Waals surface area contributed by atoms with E-state index in [1.165, 1.54) is 23.6 Å². The summed E-state index contributed by atoms with van der Waals surface area (Å²) in [5.74, 6) is 5.40. The van der Waals surface area contributed by atoms with Gasteiger partial charge in [-0.15, -0.1) is 11.3 Å². The van der Waals surface area contributed by atoms with Crippen molar-refractivity contribution in [3.05, 3.63) is 38.1 Å². The second-order valence-corrected chi connectivity index (χ2v) is 7.79. The van der Waals surface area contributed by atoms with Crippen molar-refractivity contribution in [2.75, 3.05) is 5.43 Å². The van der Waals surface area contributed by atoms with E-state index in [-0.39, 0.29) is 22.3 Å². The number of nitrogen functional groups attached to an aromatic ring is 1. The molecule has 108 valence electrons. The van der Waals surface area contributed by atoms with E-state index in [4.69, 9.17) is 17.4 Å². The lowest BCUT2D eigenvalue weighted by Gasteiger charge is -2.07. The number of sulfonamides is 1. The lowest BCUT2D eigenvalue weighted by atomic mass is 10.5. The average Bonchev–Trinajstić information content (AvgIpc) is 2.82. The highest BCUT2D eigenvalue weighted by Gasteiger charge is 2.16. The molecule has 0 aliphatic carbocycles. The van der Waals surface area contributed by atoms with Gasteiger partial charge in [0.2, 0.25) is 10.0 Å². The Bertz CT molecular complexity index is 720. The van der Waals surface area contributed by atoms with E-state index in [0.29, 0.717) is 0 Å². The van der Waals surface area contributed by atoms with Gasteiger partial charge in [0.05, 0.1) is 5.02 Å². The molecule has 2 aromatic rings. The zero-order valence-corrected chi connectivity index (χ0v) is 13.9. The average molecular weight is 398 g/mol. The van der Waals surface area contributed by atoms with E-state index in [1.807, 2.05) is 11.4 Å². The Balaban J connectivity index is 2.15. The van der Waals surface area contributed by atoms with Crippen molar-refractivity contribution in [3.63, 3.8) is 0 Å². The van der Waals surface area contributed by atoms with Gasteiger partial charge in [-0.25, -0.2) is 24.0 Å². The number of pyridine rings is 1. The molecule has 0 saturated carbocycles. The predicted octanol–water partition coefficient (Wildman–Crippen LogP) is 2.32. The van der Waals surface area contributed by atoms with Crippen LogP contribution in [0.1, 0.15) is 4.88 Å². The highest BCUT2D eigenvalue weighted by atomic mass is 79.9. The zero-order chi connectivity index (χ0) is 14.8. The molecule has 2 rings (SSSR count). The smallest absolute Gasteiger partial charge is 0.242 e. The van der Waals surface area contributed by atoms with Gasteiger partial charge in [0.15, 0.2) is 5.82 Å². The van der Waals surface area contributed by atoms with E-state index >= 15 is 0 Å². The van der Waals surface area contributed by atoms with Crippen molar-refractivity contribution in [2.24, 2.45) is 5.84 Å². The molecule has 0 radical (unpaired) electrons. The number of rotatable bonds is 5. The molecule has 0 aliphatic heterocycles. The fourth-order valence-electron chi connectivity index (χ4n) is 1.37.